The predicted molar refractivity (Wildman–Crippen MR) is 84.5 cm³/mol. The maximum Gasteiger partial charge on any atom is 0.223 e. The molecule has 0 aromatic carbocycles. The fraction of sp³-hybridized carbons (Fsp3) is 0.647. The fourth-order valence-electron chi connectivity index (χ4n) is 3.32. The predicted octanol–water partition coefficient (Wildman–Crippen LogP) is 1.69. The number of hydrogen-bond acceptors (Lipinski definition) is 3. The lowest BCUT2D eigenvalue weighted by Gasteiger charge is -2.22. The third kappa shape index (κ3) is 3.09. The number of aryl methyl sites for hydroxylation is 1. The molecule has 5 nitrogen and oxygen atoms in total. The average molecular weight is 303 g/mol. The molecule has 1 amide bonds. The van der Waals surface area contributed by atoms with E-state index < -0.39 is 0 Å². The first-order valence-corrected chi connectivity index (χ1v) is 8.24. The summed E-state index contributed by atoms with van der Waals surface area (Å²) in [4.78, 5) is 20.5. The monoisotopic (exact) mass is 303 g/mol. The van der Waals surface area contributed by atoms with Crippen molar-refractivity contribution >= 4 is 5.91 Å². The van der Waals surface area contributed by atoms with Crippen molar-refractivity contribution in [2.45, 2.75) is 51.5 Å². The lowest BCUT2D eigenvalue weighted by Crippen LogP contribution is -2.39. The molecule has 1 unspecified atom stereocenters. The molecule has 1 heterocycles. The van der Waals surface area contributed by atoms with Gasteiger partial charge in [-0.05, 0) is 19.3 Å². The summed E-state index contributed by atoms with van der Waals surface area (Å²) < 4.78 is 0. The number of amides is 1. The summed E-state index contributed by atoms with van der Waals surface area (Å²) in [6, 6.07) is 0.0686. The first-order chi connectivity index (χ1) is 10.6. The van der Waals surface area contributed by atoms with Crippen LogP contribution in [0.15, 0.2) is 12.2 Å². The first-order valence-electron chi connectivity index (χ1n) is 8.24. The third-order valence-corrected chi connectivity index (χ3v) is 4.71. The number of aliphatic hydroxyl groups is 1. The Hall–Kier alpha value is -1.62. The van der Waals surface area contributed by atoms with Gasteiger partial charge in [0.1, 0.15) is 5.82 Å². The molecule has 0 radical (unpaired) electrons. The largest absolute Gasteiger partial charge is 0.396 e. The second-order valence-corrected chi connectivity index (χ2v) is 6.82. The molecular formula is C17H25N3O2. The molecule has 0 bridgehead atoms. The Morgan fingerprint density at radius 3 is 3.00 bits per heavy atom. The van der Waals surface area contributed by atoms with E-state index in [1.54, 1.807) is 0 Å². The third-order valence-electron chi connectivity index (χ3n) is 4.71. The SMILES string of the molecule is CC(C)c1nc2c([nH]1)CC(C(=O)N[C@@H]1C=C[C@H](CO)C1)CC2. The molecule has 0 aliphatic heterocycles. The number of hydrogen-bond donors (Lipinski definition) is 3. The minimum atomic E-state index is 0.0227. The highest BCUT2D eigenvalue weighted by Crippen LogP contribution is 2.26. The van der Waals surface area contributed by atoms with Crippen molar-refractivity contribution in [3.05, 3.63) is 29.4 Å². The number of H-pyrrole nitrogens is 1. The molecule has 0 saturated heterocycles. The van der Waals surface area contributed by atoms with E-state index in [2.05, 4.69) is 29.1 Å². The second kappa shape index (κ2) is 6.24. The van der Waals surface area contributed by atoms with Crippen LogP contribution >= 0.6 is 0 Å². The zero-order chi connectivity index (χ0) is 15.7. The smallest absolute Gasteiger partial charge is 0.223 e. The van der Waals surface area contributed by atoms with Gasteiger partial charge < -0.3 is 15.4 Å². The van der Waals surface area contributed by atoms with Crippen molar-refractivity contribution in [2.75, 3.05) is 6.61 Å². The lowest BCUT2D eigenvalue weighted by atomic mass is 9.89. The molecule has 5 heteroatoms. The second-order valence-electron chi connectivity index (χ2n) is 6.82. The number of aromatic nitrogens is 2. The van der Waals surface area contributed by atoms with Crippen LogP contribution in [0.2, 0.25) is 0 Å². The first kappa shape index (κ1) is 15.3. The number of rotatable bonds is 4. The Bertz CT molecular complexity index is 576. The van der Waals surface area contributed by atoms with E-state index in [0.717, 1.165) is 42.9 Å². The van der Waals surface area contributed by atoms with Crippen LogP contribution in [-0.4, -0.2) is 33.6 Å². The number of fused-ring (bicyclic) bond motifs is 1. The van der Waals surface area contributed by atoms with Crippen molar-refractivity contribution in [3.8, 4) is 0 Å². The van der Waals surface area contributed by atoms with Gasteiger partial charge in [-0.15, -0.1) is 0 Å². The van der Waals surface area contributed by atoms with Crippen molar-refractivity contribution in [1.29, 1.82) is 0 Å². The van der Waals surface area contributed by atoms with Crippen LogP contribution in [0.25, 0.3) is 0 Å². The molecule has 0 saturated carbocycles. The van der Waals surface area contributed by atoms with Crippen molar-refractivity contribution < 1.29 is 9.90 Å². The highest BCUT2D eigenvalue weighted by atomic mass is 16.3. The van der Waals surface area contributed by atoms with Crippen LogP contribution in [0.1, 0.15) is 49.8 Å². The van der Waals surface area contributed by atoms with Gasteiger partial charge in [0.15, 0.2) is 0 Å². The molecule has 1 aromatic heterocycles. The maximum atomic E-state index is 12.5. The van der Waals surface area contributed by atoms with Gasteiger partial charge in [-0.2, -0.15) is 0 Å². The highest BCUT2D eigenvalue weighted by molar-refractivity contribution is 5.79. The van der Waals surface area contributed by atoms with E-state index in [0.29, 0.717) is 5.92 Å². The quantitative estimate of drug-likeness (QED) is 0.741. The van der Waals surface area contributed by atoms with Gasteiger partial charge in [0, 0.05) is 42.5 Å². The molecule has 0 fully saturated rings. The van der Waals surface area contributed by atoms with Gasteiger partial charge in [0.05, 0.1) is 5.69 Å². The van der Waals surface area contributed by atoms with Crippen molar-refractivity contribution in [2.24, 2.45) is 11.8 Å². The van der Waals surface area contributed by atoms with E-state index in [1.807, 2.05) is 12.2 Å². The number of carbonyl (C=O) groups excluding carboxylic acids is 1. The Balaban J connectivity index is 1.59. The fourth-order valence-corrected chi connectivity index (χ4v) is 3.32. The number of carbonyl (C=O) groups is 1. The van der Waals surface area contributed by atoms with E-state index in [9.17, 15) is 4.79 Å². The molecular weight excluding hydrogens is 278 g/mol. The zero-order valence-electron chi connectivity index (χ0n) is 13.3. The van der Waals surface area contributed by atoms with Crippen molar-refractivity contribution in [1.82, 2.24) is 15.3 Å². The molecule has 0 spiro atoms. The van der Waals surface area contributed by atoms with Gasteiger partial charge >= 0.3 is 0 Å². The van der Waals surface area contributed by atoms with Gasteiger partial charge in [0.2, 0.25) is 5.91 Å². The molecule has 3 N–H and O–H groups in total. The number of aliphatic hydroxyl groups excluding tert-OH is 1. The van der Waals surface area contributed by atoms with Crippen LogP contribution < -0.4 is 5.32 Å². The molecule has 120 valence electrons. The minimum Gasteiger partial charge on any atom is -0.396 e. The summed E-state index contributed by atoms with van der Waals surface area (Å²) in [5.74, 6) is 1.74. The Morgan fingerprint density at radius 2 is 2.32 bits per heavy atom. The molecule has 1 aromatic rings. The van der Waals surface area contributed by atoms with E-state index >= 15 is 0 Å². The van der Waals surface area contributed by atoms with Gasteiger partial charge in [-0.3, -0.25) is 4.79 Å². The van der Waals surface area contributed by atoms with Crippen LogP contribution in [0.4, 0.5) is 0 Å². The standard InChI is InChI=1S/C17H25N3O2/c1-10(2)16-19-14-6-4-12(8-15(14)20-16)17(22)18-13-5-3-11(7-13)9-21/h3,5,10-13,21H,4,6-9H2,1-2H3,(H,18,22)(H,19,20)/t11-,12?,13+/m0/s1. The molecule has 2 aliphatic rings. The van der Waals surface area contributed by atoms with Crippen molar-refractivity contribution in [3.63, 3.8) is 0 Å². The van der Waals surface area contributed by atoms with Gasteiger partial charge in [-0.25, -0.2) is 4.98 Å². The average Bonchev–Trinajstić information content (AvgIpc) is 3.12. The molecule has 22 heavy (non-hydrogen) atoms. The number of aromatic amines is 1. The molecule has 3 atom stereocenters. The zero-order valence-corrected chi connectivity index (χ0v) is 13.3. The number of nitrogens with one attached hydrogen (secondary N) is 2. The van der Waals surface area contributed by atoms with Crippen LogP contribution in [0.5, 0.6) is 0 Å². The van der Waals surface area contributed by atoms with Crippen LogP contribution in [-0.2, 0) is 17.6 Å². The summed E-state index contributed by atoms with van der Waals surface area (Å²) in [7, 11) is 0. The van der Waals surface area contributed by atoms with E-state index in [4.69, 9.17) is 5.11 Å². The summed E-state index contributed by atoms with van der Waals surface area (Å²) in [5.41, 5.74) is 2.26. The molecule has 2 aliphatic carbocycles. The Morgan fingerprint density at radius 1 is 1.50 bits per heavy atom. The summed E-state index contributed by atoms with van der Waals surface area (Å²) >= 11 is 0. The minimum absolute atomic E-state index is 0.0227. The maximum absolute atomic E-state index is 12.5. The summed E-state index contributed by atoms with van der Waals surface area (Å²) in [6.45, 7) is 4.40. The van der Waals surface area contributed by atoms with Gasteiger partial charge in [0.25, 0.3) is 0 Å². The summed E-state index contributed by atoms with van der Waals surface area (Å²) in [6.07, 6.45) is 7.29. The topological polar surface area (TPSA) is 78.0 Å². The van der Waals surface area contributed by atoms with Crippen LogP contribution in [0.3, 0.4) is 0 Å². The Labute approximate surface area is 131 Å². The summed E-state index contributed by atoms with van der Waals surface area (Å²) in [5, 5.41) is 12.3. The Kier molecular flexibility index (Phi) is 4.34. The van der Waals surface area contributed by atoms with E-state index in [1.165, 1.54) is 0 Å². The van der Waals surface area contributed by atoms with Gasteiger partial charge in [-0.1, -0.05) is 26.0 Å². The van der Waals surface area contributed by atoms with Crippen LogP contribution in [0, 0.1) is 11.8 Å². The lowest BCUT2D eigenvalue weighted by molar-refractivity contribution is -0.125. The molecule has 3 rings (SSSR count). The number of imidazole rings is 1. The normalized spacial score (nSPS) is 27.2. The highest BCUT2D eigenvalue weighted by Gasteiger charge is 2.29. The van der Waals surface area contributed by atoms with E-state index in [-0.39, 0.29) is 30.4 Å². The number of nitrogens with zero attached hydrogens (tertiary/aromatic N) is 1.